The summed E-state index contributed by atoms with van der Waals surface area (Å²) < 4.78 is 13.3. The molecule has 1 saturated heterocycles. The van der Waals surface area contributed by atoms with Crippen LogP contribution in [0.4, 0.5) is 15.8 Å². The first kappa shape index (κ1) is 26.9. The summed E-state index contributed by atoms with van der Waals surface area (Å²) in [6, 6.07) is 23.3. The fraction of sp³-hybridized carbons (Fsp3) is 0.212. The topological polar surface area (TPSA) is 64.3 Å². The van der Waals surface area contributed by atoms with Crippen molar-refractivity contribution in [1.82, 2.24) is 15.1 Å². The van der Waals surface area contributed by atoms with Crippen molar-refractivity contribution in [3.05, 3.63) is 111 Å². The third kappa shape index (κ3) is 6.56. The molecule has 0 radical (unpaired) electrons. The van der Waals surface area contributed by atoms with E-state index in [1.54, 1.807) is 11.3 Å². The van der Waals surface area contributed by atoms with Crippen LogP contribution < -0.4 is 10.2 Å². The Labute approximate surface area is 243 Å². The predicted octanol–water partition coefficient (Wildman–Crippen LogP) is 6.75. The Morgan fingerprint density at radius 3 is 2.63 bits per heavy atom. The number of hydrogen-bond donors (Lipinski definition) is 2. The van der Waals surface area contributed by atoms with Gasteiger partial charge in [-0.15, -0.1) is 11.3 Å². The Morgan fingerprint density at radius 1 is 1.02 bits per heavy atom. The lowest BCUT2D eigenvalue weighted by atomic mass is 10.1. The van der Waals surface area contributed by atoms with E-state index in [9.17, 15) is 9.18 Å². The van der Waals surface area contributed by atoms with Gasteiger partial charge in [-0.25, -0.2) is 4.39 Å². The van der Waals surface area contributed by atoms with Crippen molar-refractivity contribution in [3.63, 3.8) is 0 Å². The van der Waals surface area contributed by atoms with Crippen molar-refractivity contribution < 1.29 is 9.18 Å². The highest BCUT2D eigenvalue weighted by molar-refractivity contribution is 7.10. The summed E-state index contributed by atoms with van der Waals surface area (Å²) in [6.45, 7) is 6.65. The van der Waals surface area contributed by atoms with Gasteiger partial charge in [0.2, 0.25) is 5.91 Å². The maximum absolute atomic E-state index is 13.3. The number of carbonyl (C=O) groups is 1. The molecule has 1 amide bonds. The van der Waals surface area contributed by atoms with Gasteiger partial charge in [-0.3, -0.25) is 14.8 Å². The van der Waals surface area contributed by atoms with E-state index >= 15 is 0 Å². The fourth-order valence-corrected chi connectivity index (χ4v) is 5.97. The van der Waals surface area contributed by atoms with Gasteiger partial charge in [-0.2, -0.15) is 5.10 Å². The summed E-state index contributed by atoms with van der Waals surface area (Å²) >= 11 is 1.59. The average Bonchev–Trinajstić information content (AvgIpc) is 3.63. The van der Waals surface area contributed by atoms with Crippen LogP contribution in [0.1, 0.15) is 27.3 Å². The number of aromatic amines is 1. The van der Waals surface area contributed by atoms with Crippen molar-refractivity contribution in [3.8, 4) is 0 Å². The molecular formula is C33H32FN5OS. The number of H-pyrrole nitrogens is 1. The summed E-state index contributed by atoms with van der Waals surface area (Å²) in [5.74, 6) is -0.222. The van der Waals surface area contributed by atoms with E-state index in [1.807, 2.05) is 54.8 Å². The zero-order valence-electron chi connectivity index (χ0n) is 22.9. The number of halogens is 1. The highest BCUT2D eigenvalue weighted by Crippen LogP contribution is 2.26. The van der Waals surface area contributed by atoms with E-state index in [4.69, 9.17) is 0 Å². The summed E-state index contributed by atoms with van der Waals surface area (Å²) in [7, 11) is 0. The number of amides is 1. The van der Waals surface area contributed by atoms with Crippen LogP contribution in [0.2, 0.25) is 0 Å². The Kier molecular flexibility index (Phi) is 7.93. The lowest BCUT2D eigenvalue weighted by Gasteiger charge is -2.36. The third-order valence-electron chi connectivity index (χ3n) is 7.48. The molecule has 41 heavy (non-hydrogen) atoms. The Hall–Kier alpha value is -4.27. The van der Waals surface area contributed by atoms with Crippen LogP contribution >= 0.6 is 11.3 Å². The van der Waals surface area contributed by atoms with Crippen molar-refractivity contribution >= 4 is 51.7 Å². The van der Waals surface area contributed by atoms with Gasteiger partial charge >= 0.3 is 0 Å². The molecule has 0 atom stereocenters. The maximum Gasteiger partial charge on any atom is 0.229 e. The Bertz CT molecular complexity index is 1670. The first-order valence-electron chi connectivity index (χ1n) is 13.8. The zero-order valence-corrected chi connectivity index (χ0v) is 23.8. The number of nitrogens with one attached hydrogen (secondary N) is 2. The van der Waals surface area contributed by atoms with Crippen molar-refractivity contribution in [2.75, 3.05) is 36.4 Å². The van der Waals surface area contributed by atoms with E-state index in [0.717, 1.165) is 76.7 Å². The number of thiophene rings is 1. The van der Waals surface area contributed by atoms with Crippen LogP contribution in [0.5, 0.6) is 0 Å². The molecule has 6 rings (SSSR count). The van der Waals surface area contributed by atoms with Crippen LogP contribution in [0.25, 0.3) is 23.1 Å². The second-order valence-electron chi connectivity index (χ2n) is 10.4. The van der Waals surface area contributed by atoms with Gasteiger partial charge in [0, 0.05) is 54.4 Å². The summed E-state index contributed by atoms with van der Waals surface area (Å²) in [5.41, 5.74) is 7.01. The molecule has 5 aromatic rings. The van der Waals surface area contributed by atoms with E-state index < -0.39 is 0 Å². The molecule has 2 N–H and O–H groups in total. The first-order chi connectivity index (χ1) is 20.0. The van der Waals surface area contributed by atoms with E-state index in [0.29, 0.717) is 6.42 Å². The van der Waals surface area contributed by atoms with Crippen LogP contribution in [0, 0.1) is 12.7 Å². The van der Waals surface area contributed by atoms with E-state index in [1.165, 1.54) is 17.7 Å². The molecule has 3 heterocycles. The van der Waals surface area contributed by atoms with Gasteiger partial charge in [-0.1, -0.05) is 36.4 Å². The minimum absolute atomic E-state index is 0.0239. The number of carbonyl (C=O) groups excluding carboxylic acids is 1. The van der Waals surface area contributed by atoms with Gasteiger partial charge in [-0.05, 0) is 77.5 Å². The zero-order chi connectivity index (χ0) is 28.2. The quantitative estimate of drug-likeness (QED) is 0.219. The average molecular weight is 566 g/mol. The smallest absolute Gasteiger partial charge is 0.229 e. The molecule has 0 aliphatic carbocycles. The van der Waals surface area contributed by atoms with Gasteiger partial charge < -0.3 is 10.2 Å². The number of benzene rings is 3. The number of nitrogens with zero attached hydrogens (tertiary/aromatic N) is 3. The molecule has 208 valence electrons. The lowest BCUT2D eigenvalue weighted by molar-refractivity contribution is -0.115. The van der Waals surface area contributed by atoms with Crippen LogP contribution in [-0.2, 0) is 17.8 Å². The Balaban J connectivity index is 1.10. The minimum atomic E-state index is -0.199. The van der Waals surface area contributed by atoms with Crippen molar-refractivity contribution in [2.24, 2.45) is 0 Å². The van der Waals surface area contributed by atoms with Crippen molar-refractivity contribution in [2.45, 2.75) is 19.9 Å². The number of hydrogen-bond acceptors (Lipinski definition) is 5. The number of piperazine rings is 1. The molecule has 0 spiro atoms. The maximum atomic E-state index is 13.3. The van der Waals surface area contributed by atoms with E-state index in [2.05, 4.69) is 55.7 Å². The molecule has 6 nitrogen and oxygen atoms in total. The summed E-state index contributed by atoms with van der Waals surface area (Å²) in [6.07, 6.45) is 4.47. The number of rotatable bonds is 8. The molecule has 8 heteroatoms. The standard InChI is InChI=1S/C33H32FN5OS/c1-23-18-32-29(21-31(23)35-33(40)20-28-6-3-17-41-28)30(36-37-32)12-7-24-4-2-5-25(19-24)22-38-13-15-39(16-14-38)27-10-8-26(34)9-11-27/h2-12,17-19,21H,13-16,20,22H2,1H3,(H,35,40)(H,36,37). The molecule has 1 fully saturated rings. The number of aryl methyl sites for hydroxylation is 1. The predicted molar refractivity (Wildman–Crippen MR) is 167 cm³/mol. The Morgan fingerprint density at radius 2 is 1.85 bits per heavy atom. The molecule has 3 aromatic carbocycles. The summed E-state index contributed by atoms with van der Waals surface area (Å²) in [5, 5.41) is 13.7. The number of aromatic nitrogens is 2. The number of anilines is 2. The van der Waals surface area contributed by atoms with Gasteiger partial charge in [0.05, 0.1) is 17.6 Å². The largest absolute Gasteiger partial charge is 0.369 e. The van der Waals surface area contributed by atoms with Gasteiger partial charge in [0.1, 0.15) is 5.82 Å². The third-order valence-corrected chi connectivity index (χ3v) is 8.36. The van der Waals surface area contributed by atoms with Gasteiger partial charge in [0.15, 0.2) is 0 Å². The molecule has 0 unspecified atom stereocenters. The first-order valence-corrected chi connectivity index (χ1v) is 14.7. The monoisotopic (exact) mass is 565 g/mol. The molecule has 0 saturated carbocycles. The van der Waals surface area contributed by atoms with E-state index in [-0.39, 0.29) is 11.7 Å². The van der Waals surface area contributed by atoms with Crippen LogP contribution in [-0.4, -0.2) is 47.2 Å². The highest BCUT2D eigenvalue weighted by Gasteiger charge is 2.17. The second-order valence-corrected chi connectivity index (χ2v) is 11.5. The number of fused-ring (bicyclic) bond motifs is 1. The SMILES string of the molecule is Cc1cc2[nH]nc(C=Cc3cccc(CN4CCN(c5ccc(F)cc5)CC4)c3)c2cc1NC(=O)Cc1cccs1. The fourth-order valence-electron chi connectivity index (χ4n) is 5.27. The van der Waals surface area contributed by atoms with Crippen LogP contribution in [0.15, 0.2) is 78.2 Å². The molecular weight excluding hydrogens is 533 g/mol. The van der Waals surface area contributed by atoms with Gasteiger partial charge in [0.25, 0.3) is 0 Å². The molecule has 1 aliphatic heterocycles. The van der Waals surface area contributed by atoms with Crippen LogP contribution in [0.3, 0.4) is 0 Å². The highest BCUT2D eigenvalue weighted by atomic mass is 32.1. The molecule has 1 aliphatic rings. The summed E-state index contributed by atoms with van der Waals surface area (Å²) in [4.78, 5) is 18.4. The second kappa shape index (κ2) is 12.1. The molecule has 0 bridgehead atoms. The molecule has 2 aromatic heterocycles. The lowest BCUT2D eigenvalue weighted by Crippen LogP contribution is -2.45. The minimum Gasteiger partial charge on any atom is -0.369 e. The van der Waals surface area contributed by atoms with Crippen molar-refractivity contribution in [1.29, 1.82) is 0 Å². The normalized spacial score (nSPS) is 14.2.